The molecule has 6 nitrogen and oxygen atoms in total. The highest BCUT2D eigenvalue weighted by Gasteiger charge is 2.26. The minimum Gasteiger partial charge on any atom is -0.494 e. The Balaban J connectivity index is 1.42. The summed E-state index contributed by atoms with van der Waals surface area (Å²) < 4.78 is 5.73. The van der Waals surface area contributed by atoms with Gasteiger partial charge in [0.05, 0.1) is 11.5 Å². The molecule has 0 aliphatic rings. The van der Waals surface area contributed by atoms with Gasteiger partial charge in [0.25, 0.3) is 5.91 Å². The van der Waals surface area contributed by atoms with Crippen molar-refractivity contribution in [1.82, 2.24) is 15.2 Å². The van der Waals surface area contributed by atoms with E-state index in [1.165, 1.54) is 11.3 Å². The van der Waals surface area contributed by atoms with Gasteiger partial charge in [-0.2, -0.15) is 0 Å². The van der Waals surface area contributed by atoms with Gasteiger partial charge in [0.2, 0.25) is 5.91 Å². The number of fused-ring (bicyclic) bond motifs is 1. The number of amides is 2. The number of aromatic amines is 1. The van der Waals surface area contributed by atoms with Gasteiger partial charge < -0.3 is 19.9 Å². The van der Waals surface area contributed by atoms with Crippen LogP contribution in [0.5, 0.6) is 5.75 Å². The fraction of sp³-hybridized carbons (Fsp3) is 0.231. The van der Waals surface area contributed by atoms with Crippen molar-refractivity contribution in [3.05, 3.63) is 88.7 Å². The summed E-state index contributed by atoms with van der Waals surface area (Å²) in [4.78, 5) is 31.6. The lowest BCUT2D eigenvalue weighted by Crippen LogP contribution is -2.48. The molecular formula is C26H27N3O3S. The molecule has 0 fully saturated rings. The highest BCUT2D eigenvalue weighted by atomic mass is 32.1. The SMILES string of the molecule is CN(CCCOc1ccccc1)C(=O)C(Cc1c[nH]c2ccccc12)NC(=O)c1cccs1. The number of ether oxygens (including phenoxy) is 1. The molecule has 2 aromatic carbocycles. The van der Waals surface area contributed by atoms with E-state index in [2.05, 4.69) is 10.3 Å². The molecule has 0 aliphatic heterocycles. The van der Waals surface area contributed by atoms with Gasteiger partial charge in [-0.1, -0.05) is 42.5 Å². The van der Waals surface area contributed by atoms with Crippen LogP contribution in [0.15, 0.2) is 78.3 Å². The van der Waals surface area contributed by atoms with Crippen LogP contribution < -0.4 is 10.1 Å². The third kappa shape index (κ3) is 5.81. The quantitative estimate of drug-likeness (QED) is 0.342. The van der Waals surface area contributed by atoms with Gasteiger partial charge in [0.1, 0.15) is 11.8 Å². The number of carbonyl (C=O) groups excluding carboxylic acids is 2. The first kappa shape index (κ1) is 22.6. The van der Waals surface area contributed by atoms with Crippen LogP contribution in [0.1, 0.15) is 21.7 Å². The molecule has 4 rings (SSSR count). The van der Waals surface area contributed by atoms with Gasteiger partial charge >= 0.3 is 0 Å². The van der Waals surface area contributed by atoms with E-state index in [0.717, 1.165) is 22.2 Å². The molecule has 2 N–H and O–H groups in total. The number of aromatic nitrogens is 1. The number of benzene rings is 2. The first-order chi connectivity index (χ1) is 16.1. The molecule has 0 radical (unpaired) electrons. The molecule has 2 aromatic heterocycles. The lowest BCUT2D eigenvalue weighted by molar-refractivity contribution is -0.132. The average Bonchev–Trinajstić information content (AvgIpc) is 3.52. The monoisotopic (exact) mass is 461 g/mol. The van der Waals surface area contributed by atoms with Crippen LogP contribution in [-0.4, -0.2) is 47.9 Å². The molecule has 7 heteroatoms. The maximum atomic E-state index is 13.3. The van der Waals surface area contributed by atoms with Crippen molar-refractivity contribution in [1.29, 1.82) is 0 Å². The second kappa shape index (κ2) is 10.8. The van der Waals surface area contributed by atoms with Crippen molar-refractivity contribution >= 4 is 34.1 Å². The molecule has 0 saturated heterocycles. The zero-order valence-corrected chi connectivity index (χ0v) is 19.3. The highest BCUT2D eigenvalue weighted by molar-refractivity contribution is 7.12. The summed E-state index contributed by atoms with van der Waals surface area (Å²) in [6.45, 7) is 1.04. The molecule has 4 aromatic rings. The van der Waals surface area contributed by atoms with Gasteiger partial charge in [0.15, 0.2) is 0 Å². The normalized spacial score (nSPS) is 11.8. The number of thiophene rings is 1. The average molecular weight is 462 g/mol. The number of nitrogens with zero attached hydrogens (tertiary/aromatic N) is 1. The Labute approximate surface area is 197 Å². The Morgan fingerprint density at radius 1 is 1.06 bits per heavy atom. The number of hydrogen-bond donors (Lipinski definition) is 2. The van der Waals surface area contributed by atoms with Crippen LogP contribution in [-0.2, 0) is 11.2 Å². The van der Waals surface area contributed by atoms with Gasteiger partial charge in [-0.15, -0.1) is 11.3 Å². The molecule has 0 saturated carbocycles. The molecule has 2 amide bonds. The van der Waals surface area contributed by atoms with Gasteiger partial charge in [-0.05, 0) is 41.6 Å². The largest absolute Gasteiger partial charge is 0.494 e. The Morgan fingerprint density at radius 3 is 2.64 bits per heavy atom. The van der Waals surface area contributed by atoms with E-state index < -0.39 is 6.04 Å². The van der Waals surface area contributed by atoms with E-state index in [-0.39, 0.29) is 11.8 Å². The van der Waals surface area contributed by atoms with Crippen molar-refractivity contribution in [3.63, 3.8) is 0 Å². The number of likely N-dealkylation sites (N-methyl/N-ethyl adjacent to an activating group) is 1. The molecule has 33 heavy (non-hydrogen) atoms. The Hall–Kier alpha value is -3.58. The predicted molar refractivity (Wildman–Crippen MR) is 132 cm³/mol. The van der Waals surface area contributed by atoms with Gasteiger partial charge in [0, 0.05) is 37.1 Å². The Morgan fingerprint density at radius 2 is 1.85 bits per heavy atom. The summed E-state index contributed by atoms with van der Waals surface area (Å²) in [5.74, 6) is 0.459. The minimum atomic E-state index is -0.668. The maximum absolute atomic E-state index is 13.3. The summed E-state index contributed by atoms with van der Waals surface area (Å²) in [5, 5.41) is 5.86. The van der Waals surface area contributed by atoms with E-state index in [4.69, 9.17) is 4.74 Å². The van der Waals surface area contributed by atoms with Crippen molar-refractivity contribution in [2.24, 2.45) is 0 Å². The van der Waals surface area contributed by atoms with Gasteiger partial charge in [-0.3, -0.25) is 9.59 Å². The molecule has 1 atom stereocenters. The predicted octanol–water partition coefficient (Wildman–Crippen LogP) is 4.50. The first-order valence-corrected chi connectivity index (χ1v) is 11.8. The third-order valence-electron chi connectivity index (χ3n) is 5.47. The van der Waals surface area contributed by atoms with Crippen LogP contribution in [0, 0.1) is 0 Å². The number of carbonyl (C=O) groups is 2. The second-order valence-electron chi connectivity index (χ2n) is 7.84. The molecule has 2 heterocycles. The lowest BCUT2D eigenvalue weighted by atomic mass is 10.0. The maximum Gasteiger partial charge on any atom is 0.262 e. The fourth-order valence-corrected chi connectivity index (χ4v) is 4.37. The van der Waals surface area contributed by atoms with Crippen LogP contribution >= 0.6 is 11.3 Å². The van der Waals surface area contributed by atoms with Crippen LogP contribution in [0.25, 0.3) is 10.9 Å². The van der Waals surface area contributed by atoms with E-state index in [0.29, 0.717) is 30.9 Å². The third-order valence-corrected chi connectivity index (χ3v) is 6.34. The van der Waals surface area contributed by atoms with Crippen molar-refractivity contribution in [2.75, 3.05) is 20.2 Å². The number of para-hydroxylation sites is 2. The topological polar surface area (TPSA) is 74.4 Å². The van der Waals surface area contributed by atoms with Crippen LogP contribution in [0.3, 0.4) is 0 Å². The minimum absolute atomic E-state index is 0.120. The number of nitrogens with one attached hydrogen (secondary N) is 2. The molecule has 0 aliphatic carbocycles. The second-order valence-corrected chi connectivity index (χ2v) is 8.79. The number of H-pyrrole nitrogens is 1. The zero-order valence-electron chi connectivity index (χ0n) is 18.5. The van der Waals surface area contributed by atoms with E-state index in [1.807, 2.05) is 72.2 Å². The van der Waals surface area contributed by atoms with Crippen molar-refractivity contribution < 1.29 is 14.3 Å². The summed E-state index contributed by atoms with van der Waals surface area (Å²) >= 11 is 1.36. The van der Waals surface area contributed by atoms with E-state index in [1.54, 1.807) is 18.0 Å². The Kier molecular flexibility index (Phi) is 7.42. The van der Waals surface area contributed by atoms with Gasteiger partial charge in [-0.25, -0.2) is 0 Å². The number of rotatable bonds is 10. The van der Waals surface area contributed by atoms with Crippen molar-refractivity contribution in [2.45, 2.75) is 18.9 Å². The van der Waals surface area contributed by atoms with Crippen LogP contribution in [0.4, 0.5) is 0 Å². The Bertz CT molecular complexity index is 1190. The van der Waals surface area contributed by atoms with Crippen LogP contribution in [0.2, 0.25) is 0 Å². The molecule has 1 unspecified atom stereocenters. The lowest BCUT2D eigenvalue weighted by Gasteiger charge is -2.24. The summed E-state index contributed by atoms with van der Waals surface area (Å²) in [7, 11) is 1.77. The van der Waals surface area contributed by atoms with Crippen molar-refractivity contribution in [3.8, 4) is 5.75 Å². The highest BCUT2D eigenvalue weighted by Crippen LogP contribution is 2.20. The summed E-state index contributed by atoms with van der Waals surface area (Å²) in [5.41, 5.74) is 2.01. The zero-order chi connectivity index (χ0) is 23.0. The fourth-order valence-electron chi connectivity index (χ4n) is 3.74. The molecular weight excluding hydrogens is 434 g/mol. The van der Waals surface area contributed by atoms with E-state index in [9.17, 15) is 9.59 Å². The standard InChI is InChI=1S/C26H27N3O3S/c1-29(14-8-15-32-20-9-3-2-4-10-20)26(31)23(28-25(30)24-13-7-16-33-24)17-19-18-27-22-12-6-5-11-21(19)22/h2-7,9-13,16,18,23,27H,8,14-15,17H2,1H3,(H,28,30). The smallest absolute Gasteiger partial charge is 0.262 e. The van der Waals surface area contributed by atoms with E-state index >= 15 is 0 Å². The molecule has 0 bridgehead atoms. The molecule has 0 spiro atoms. The molecule has 170 valence electrons. The first-order valence-electron chi connectivity index (χ1n) is 10.9. The number of hydrogen-bond acceptors (Lipinski definition) is 4. The summed E-state index contributed by atoms with van der Waals surface area (Å²) in [6.07, 6.45) is 3.01. The summed E-state index contributed by atoms with van der Waals surface area (Å²) in [6, 6.07) is 20.5.